The number of methoxy groups -OCH3 is 1. The predicted octanol–water partition coefficient (Wildman–Crippen LogP) is 2.69. The van der Waals surface area contributed by atoms with E-state index in [1.807, 2.05) is 39.8 Å². The first kappa shape index (κ1) is 32.3. The van der Waals surface area contributed by atoms with Crippen LogP contribution in [0.2, 0.25) is 0 Å². The molecular weight excluding hydrogens is 585 g/mol. The third-order valence-electron chi connectivity index (χ3n) is 9.36. The van der Waals surface area contributed by atoms with Gasteiger partial charge in [-0.1, -0.05) is 59.9 Å². The second-order valence-corrected chi connectivity index (χ2v) is 11.6. The summed E-state index contributed by atoms with van der Waals surface area (Å²) in [5.74, 6) is -3.98. The summed E-state index contributed by atoms with van der Waals surface area (Å²) in [6, 6.07) is 0. The van der Waals surface area contributed by atoms with Crippen LogP contribution in [-0.2, 0) is 20.7 Å². The van der Waals surface area contributed by atoms with Crippen LogP contribution in [0.15, 0.2) is 11.4 Å². The number of ketones is 1. The molecule has 8 bridgehead atoms. The molecule has 5 heterocycles. The first-order valence-electron chi connectivity index (χ1n) is 14.7. The molecule has 0 aromatic carbocycles. The third-order valence-corrected chi connectivity index (χ3v) is 9.36. The Morgan fingerprint density at radius 2 is 1.62 bits per heavy atom. The van der Waals surface area contributed by atoms with Gasteiger partial charge in [0.1, 0.15) is 12.2 Å². The smallest absolute Gasteiger partial charge is 0.664 e. The Hall–Kier alpha value is -4.09. The van der Waals surface area contributed by atoms with Gasteiger partial charge in [0.05, 0.1) is 7.11 Å². The number of rotatable bonds is 6. The summed E-state index contributed by atoms with van der Waals surface area (Å²) < 4.78 is 5.09. The molecule has 0 amide bonds. The van der Waals surface area contributed by atoms with Crippen LogP contribution in [0.25, 0.3) is 29.1 Å². The Kier molecular flexibility index (Phi) is 8.62. The molecule has 11 heteroatoms. The maximum atomic E-state index is 13.9. The number of hydrogen-bond donors (Lipinski definition) is 1. The van der Waals surface area contributed by atoms with Crippen LogP contribution in [-0.4, -0.2) is 59.3 Å². The van der Waals surface area contributed by atoms with Crippen molar-refractivity contribution in [2.75, 3.05) is 7.11 Å². The van der Waals surface area contributed by atoms with Crippen LogP contribution in [0.3, 0.4) is 0 Å². The zero-order valence-electron chi connectivity index (χ0n) is 26.1. The van der Waals surface area contributed by atoms with Crippen molar-refractivity contribution in [2.45, 2.75) is 53.9 Å². The first-order valence-corrected chi connectivity index (χ1v) is 14.7. The van der Waals surface area contributed by atoms with Gasteiger partial charge < -0.3 is 30.1 Å². The molecule has 0 unspecified atom stereocenters. The molecule has 3 aliphatic rings. The number of carboxylic acid groups (broad SMARTS) is 1. The molecule has 3 aromatic heterocycles. The number of carbonyl (C=O) groups is 4. The van der Waals surface area contributed by atoms with Crippen molar-refractivity contribution >= 4 is 70.9 Å². The minimum Gasteiger partial charge on any atom is -0.664 e. The zero-order valence-corrected chi connectivity index (χ0v) is 27.6. The van der Waals surface area contributed by atoms with E-state index in [2.05, 4.69) is 0 Å². The van der Waals surface area contributed by atoms with Crippen molar-refractivity contribution in [3.63, 3.8) is 0 Å². The number of carbonyl (C=O) groups excluding carboxylic acids is 3. The quantitative estimate of drug-likeness (QED) is 0.190. The van der Waals surface area contributed by atoms with Gasteiger partial charge in [0.15, 0.2) is 5.78 Å². The molecule has 3 atom stereocenters. The molecule has 6 rings (SSSR count). The molecule has 0 radical (unpaired) electrons. The van der Waals surface area contributed by atoms with E-state index in [-0.39, 0.29) is 47.7 Å². The van der Waals surface area contributed by atoms with Gasteiger partial charge in [0, 0.05) is 17.5 Å². The van der Waals surface area contributed by atoms with Crippen molar-refractivity contribution in [3.8, 4) is 0 Å². The monoisotopic (exact) mass is 616 g/mol. The molecular formula is C34H32MgN4O6-2. The fourth-order valence-electron chi connectivity index (χ4n) is 6.73. The predicted molar refractivity (Wildman–Crippen MR) is 168 cm³/mol. The fourth-order valence-corrected chi connectivity index (χ4v) is 6.73. The molecule has 10 nitrogen and oxygen atoms in total. The summed E-state index contributed by atoms with van der Waals surface area (Å²) in [5, 5.41) is 15.6. The number of carboxylic acids is 1. The minimum absolute atomic E-state index is 0. The van der Waals surface area contributed by atoms with Gasteiger partial charge in [-0.25, -0.2) is 0 Å². The normalized spacial score (nSPS) is 24.0. The van der Waals surface area contributed by atoms with Crippen molar-refractivity contribution in [1.29, 1.82) is 0 Å². The summed E-state index contributed by atoms with van der Waals surface area (Å²) in [6.07, 6.45) is 6.98. The molecule has 1 saturated heterocycles. The summed E-state index contributed by atoms with van der Waals surface area (Å²) in [6.45, 7) is 9.61. The van der Waals surface area contributed by atoms with E-state index in [4.69, 9.17) is 25.0 Å². The Labute approximate surface area is 276 Å². The topological polar surface area (TPSA) is 154 Å². The van der Waals surface area contributed by atoms with Crippen LogP contribution in [0.1, 0.15) is 92.4 Å². The minimum atomic E-state index is -1.26. The maximum absolute atomic E-state index is 13.9. The van der Waals surface area contributed by atoms with E-state index in [9.17, 15) is 24.3 Å². The molecule has 1 fully saturated rings. The van der Waals surface area contributed by atoms with Crippen molar-refractivity contribution < 1.29 is 29.0 Å². The van der Waals surface area contributed by atoms with Crippen LogP contribution in [0.4, 0.5) is 0 Å². The third kappa shape index (κ3) is 5.02. The number of hydrogen-bond acceptors (Lipinski definition) is 5. The van der Waals surface area contributed by atoms with E-state index < -0.39 is 23.6 Å². The number of esters is 1. The Morgan fingerprint density at radius 1 is 0.978 bits per heavy atom. The van der Waals surface area contributed by atoms with Gasteiger partial charge in [-0.3, -0.25) is 19.2 Å². The number of fused-ring (bicyclic) bond motifs is 7. The molecule has 3 aromatic rings. The number of Topliss-reactive ketones (excluding diaryl/α,β-unsaturated/α-hetero) is 1. The second-order valence-electron chi connectivity index (χ2n) is 11.6. The van der Waals surface area contributed by atoms with Gasteiger partial charge in [0.25, 0.3) is 0 Å². The summed E-state index contributed by atoms with van der Waals surface area (Å²) in [5.41, 5.74) is 7.72. The zero-order chi connectivity index (χ0) is 31.6. The molecule has 0 spiro atoms. The standard InChI is InChI=1S/C34H34N4O6.Mg/c1-7-18-20(13-39)26-11-22-15(3)14(2)21(35-22)10-23-16(4)19(8-9-27(40)41)31(37-23)29-30(34(43)44-6)33(42)28-17(5)24(38-32(28)29)12-25(18)36-26;/h10-13,16,19,30H,7-9H2,1-6H3,(H3,37,38,39,40,41,42);/q-2;+2/p-2/b23-10-,26-11-;/t16-,19-,30+;/m0./s1. The second kappa shape index (κ2) is 12.0. The molecule has 2 aliphatic heterocycles. The van der Waals surface area contributed by atoms with Gasteiger partial charge in [-0.15, -0.1) is 33.5 Å². The van der Waals surface area contributed by atoms with Gasteiger partial charge in [-0.2, -0.15) is 11.4 Å². The van der Waals surface area contributed by atoms with E-state index >= 15 is 0 Å². The molecule has 0 saturated carbocycles. The summed E-state index contributed by atoms with van der Waals surface area (Å²) in [7, 11) is 1.23. The number of ether oxygens (including phenoxy) is 1. The van der Waals surface area contributed by atoms with Crippen LogP contribution < -0.4 is 25.7 Å². The number of aliphatic carboxylic acids is 1. The summed E-state index contributed by atoms with van der Waals surface area (Å²) >= 11 is 0. The molecule has 228 valence electrons. The van der Waals surface area contributed by atoms with Crippen LogP contribution in [0, 0.1) is 38.5 Å². The van der Waals surface area contributed by atoms with Crippen molar-refractivity contribution in [2.24, 2.45) is 17.8 Å². The first-order chi connectivity index (χ1) is 21.0. The maximum Gasteiger partial charge on any atom is 2.00 e. The van der Waals surface area contributed by atoms with E-state index in [1.165, 1.54) is 7.11 Å². The number of nitrogens with zero attached hydrogens (tertiary/aromatic N) is 4. The summed E-state index contributed by atoms with van der Waals surface area (Å²) in [4.78, 5) is 65.7. The van der Waals surface area contributed by atoms with E-state index in [0.717, 1.165) is 23.0 Å². The van der Waals surface area contributed by atoms with Gasteiger partial charge >= 0.3 is 35.0 Å². The molecule has 1 N–H and O–H groups in total. The Balaban J connectivity index is 0.00000400. The number of aromatic nitrogens is 3. The van der Waals surface area contributed by atoms with E-state index in [1.54, 1.807) is 13.0 Å². The van der Waals surface area contributed by atoms with Crippen molar-refractivity contribution in [3.05, 3.63) is 83.6 Å². The average molecular weight is 617 g/mol. The van der Waals surface area contributed by atoms with Crippen LogP contribution >= 0.6 is 0 Å². The number of allylic oxidation sites excluding steroid dienone is 2. The molecule has 45 heavy (non-hydrogen) atoms. The number of aldehydes is 1. The van der Waals surface area contributed by atoms with Gasteiger partial charge in [0.2, 0.25) is 0 Å². The Bertz CT molecular complexity index is 1970. The SMILES string of the molecule is CCc1c(C=O)/c2[n-]/c1=C\c1[n-]c3c(c1C)C(=O)[C@H](C(=O)OC)/C3=C1/[N-]/C(=C\c3[n-]c(c(C)c3C)\C=2)[C@@H](C)[C@@H]1CCC(=O)O.[Mg+2]. The average Bonchev–Trinajstić information content (AvgIpc) is 3.73. The van der Waals surface area contributed by atoms with E-state index in [0.29, 0.717) is 73.6 Å². The van der Waals surface area contributed by atoms with Gasteiger partial charge in [-0.05, 0) is 45.4 Å². The van der Waals surface area contributed by atoms with Crippen LogP contribution in [0.5, 0.6) is 0 Å². The molecule has 1 aliphatic carbocycles. The Morgan fingerprint density at radius 3 is 2.24 bits per heavy atom. The largest absolute Gasteiger partial charge is 2.00 e. The fraction of sp³-hybridized carbons (Fsp3) is 0.353. The van der Waals surface area contributed by atoms with Crippen molar-refractivity contribution in [1.82, 2.24) is 15.0 Å².